The predicted molar refractivity (Wildman–Crippen MR) is 105 cm³/mol. The molecule has 8 nitrogen and oxygen atoms in total. The molecule has 2 aliphatic heterocycles. The average molecular weight is 398 g/mol. The maximum Gasteiger partial charge on any atom is 0.410 e. The van der Waals surface area contributed by atoms with Crippen LogP contribution in [0.2, 0.25) is 0 Å². The lowest BCUT2D eigenvalue weighted by Crippen LogP contribution is -2.36. The van der Waals surface area contributed by atoms with Crippen LogP contribution in [0.15, 0.2) is 24.5 Å². The summed E-state index contributed by atoms with van der Waals surface area (Å²) in [4.78, 5) is 33.7. The number of ether oxygens (including phenoxy) is 2. The number of piperidine rings is 1. The SMILES string of the molecule is O=C(NCCC1[C@H]2CN(C(=O)OC3CCOCC3)C[C@@H]12)c1cc2cnccc2[nH]1. The Morgan fingerprint density at radius 3 is 2.83 bits per heavy atom. The van der Waals surface area contributed by atoms with Gasteiger partial charge in [0.25, 0.3) is 5.91 Å². The first kappa shape index (κ1) is 18.4. The number of carbonyl (C=O) groups excluding carboxylic acids is 2. The van der Waals surface area contributed by atoms with Gasteiger partial charge in [-0.05, 0) is 36.3 Å². The van der Waals surface area contributed by atoms with Crippen LogP contribution in [0, 0.1) is 17.8 Å². The van der Waals surface area contributed by atoms with Crippen LogP contribution in [-0.4, -0.2) is 65.8 Å². The Hall–Kier alpha value is -2.61. The number of likely N-dealkylation sites (tertiary alicyclic amines) is 1. The van der Waals surface area contributed by atoms with Gasteiger partial charge in [0.15, 0.2) is 0 Å². The maximum absolute atomic E-state index is 12.4. The number of aromatic amines is 1. The van der Waals surface area contributed by atoms with Gasteiger partial charge in [-0.15, -0.1) is 0 Å². The summed E-state index contributed by atoms with van der Waals surface area (Å²) in [7, 11) is 0. The number of nitrogens with one attached hydrogen (secondary N) is 2. The molecule has 3 atom stereocenters. The molecule has 1 unspecified atom stereocenters. The van der Waals surface area contributed by atoms with E-state index in [9.17, 15) is 9.59 Å². The molecule has 3 fully saturated rings. The molecule has 5 rings (SSSR count). The Kier molecular flexibility index (Phi) is 4.87. The van der Waals surface area contributed by atoms with Crippen molar-refractivity contribution in [2.45, 2.75) is 25.4 Å². The number of aromatic nitrogens is 2. The monoisotopic (exact) mass is 398 g/mol. The van der Waals surface area contributed by atoms with Crippen LogP contribution in [0.4, 0.5) is 4.79 Å². The predicted octanol–water partition coefficient (Wildman–Crippen LogP) is 2.18. The summed E-state index contributed by atoms with van der Waals surface area (Å²) < 4.78 is 10.9. The summed E-state index contributed by atoms with van der Waals surface area (Å²) in [5.41, 5.74) is 1.47. The molecule has 2 N–H and O–H groups in total. The molecule has 2 aromatic heterocycles. The van der Waals surface area contributed by atoms with Crippen molar-refractivity contribution < 1.29 is 19.1 Å². The molecule has 0 aromatic carbocycles. The zero-order chi connectivity index (χ0) is 19.8. The van der Waals surface area contributed by atoms with E-state index in [4.69, 9.17) is 9.47 Å². The standard InChI is InChI=1S/C21H26N4O4/c26-20(19-9-13-10-22-5-2-18(13)24-19)23-6-1-15-16-11-25(12-17(15)16)21(27)29-14-3-7-28-8-4-14/h2,5,9-10,14-17,24H,1,3-4,6-8,11-12H2,(H,23,26)/t15?,16-,17+. The third-order valence-corrected chi connectivity index (χ3v) is 6.49. The number of amides is 2. The molecule has 4 heterocycles. The van der Waals surface area contributed by atoms with Gasteiger partial charge in [-0.2, -0.15) is 0 Å². The number of rotatable bonds is 5. The summed E-state index contributed by atoms with van der Waals surface area (Å²) in [6, 6.07) is 3.68. The first-order valence-corrected chi connectivity index (χ1v) is 10.4. The van der Waals surface area contributed by atoms with Crippen LogP contribution < -0.4 is 5.32 Å². The second kappa shape index (κ2) is 7.67. The molecule has 154 valence electrons. The number of H-pyrrole nitrogens is 1. The lowest BCUT2D eigenvalue weighted by Gasteiger charge is -2.26. The fraction of sp³-hybridized carbons (Fsp3) is 0.571. The zero-order valence-electron chi connectivity index (χ0n) is 16.3. The van der Waals surface area contributed by atoms with Gasteiger partial charge in [-0.1, -0.05) is 0 Å². The topological polar surface area (TPSA) is 96.6 Å². The Bertz CT molecular complexity index is 862. The van der Waals surface area contributed by atoms with E-state index < -0.39 is 0 Å². The number of pyridine rings is 1. The Morgan fingerprint density at radius 1 is 1.28 bits per heavy atom. The molecular weight excluding hydrogens is 372 g/mol. The Balaban J connectivity index is 1.04. The lowest BCUT2D eigenvalue weighted by molar-refractivity contribution is -0.00949. The highest BCUT2D eigenvalue weighted by Gasteiger charge is 2.56. The van der Waals surface area contributed by atoms with Crippen LogP contribution >= 0.6 is 0 Å². The molecule has 1 saturated carbocycles. The number of nitrogens with zero attached hydrogens (tertiary/aromatic N) is 2. The molecule has 29 heavy (non-hydrogen) atoms. The van der Waals surface area contributed by atoms with Crippen molar-refractivity contribution in [2.75, 3.05) is 32.8 Å². The second-order valence-electron chi connectivity index (χ2n) is 8.28. The molecule has 2 amide bonds. The van der Waals surface area contributed by atoms with Gasteiger partial charge in [-0.25, -0.2) is 4.79 Å². The van der Waals surface area contributed by atoms with E-state index in [1.165, 1.54) is 0 Å². The highest BCUT2D eigenvalue weighted by Crippen LogP contribution is 2.53. The highest BCUT2D eigenvalue weighted by atomic mass is 16.6. The molecule has 8 heteroatoms. The fourth-order valence-electron chi connectivity index (χ4n) is 4.78. The minimum absolute atomic E-state index is 0.000364. The van der Waals surface area contributed by atoms with E-state index in [0.717, 1.165) is 43.3 Å². The van der Waals surface area contributed by atoms with Gasteiger partial charge in [0.2, 0.25) is 0 Å². The van der Waals surface area contributed by atoms with E-state index in [2.05, 4.69) is 15.3 Å². The minimum atomic E-state index is -0.176. The van der Waals surface area contributed by atoms with Crippen LogP contribution in [0.1, 0.15) is 29.8 Å². The van der Waals surface area contributed by atoms with Gasteiger partial charge in [-0.3, -0.25) is 9.78 Å². The summed E-state index contributed by atoms with van der Waals surface area (Å²) in [5.74, 6) is 1.60. The third-order valence-electron chi connectivity index (χ3n) is 6.49. The van der Waals surface area contributed by atoms with Crippen molar-refractivity contribution in [1.29, 1.82) is 0 Å². The molecule has 3 aliphatic rings. The van der Waals surface area contributed by atoms with E-state index >= 15 is 0 Å². The highest BCUT2D eigenvalue weighted by molar-refractivity contribution is 5.97. The van der Waals surface area contributed by atoms with Crippen LogP contribution in [-0.2, 0) is 9.47 Å². The summed E-state index contributed by atoms with van der Waals surface area (Å²) in [6.07, 6.45) is 5.81. The van der Waals surface area contributed by atoms with Crippen molar-refractivity contribution in [1.82, 2.24) is 20.2 Å². The van der Waals surface area contributed by atoms with Gasteiger partial charge >= 0.3 is 6.09 Å². The summed E-state index contributed by atoms with van der Waals surface area (Å²) in [6.45, 7) is 3.55. The molecule has 1 aliphatic carbocycles. The zero-order valence-corrected chi connectivity index (χ0v) is 16.3. The van der Waals surface area contributed by atoms with Gasteiger partial charge in [0.1, 0.15) is 11.8 Å². The Morgan fingerprint density at radius 2 is 2.07 bits per heavy atom. The van der Waals surface area contributed by atoms with Gasteiger partial charge in [0, 0.05) is 55.8 Å². The van der Waals surface area contributed by atoms with Crippen LogP contribution in [0.5, 0.6) is 0 Å². The van der Waals surface area contributed by atoms with Crippen molar-refractivity contribution in [3.8, 4) is 0 Å². The number of hydrogen-bond acceptors (Lipinski definition) is 5. The van der Waals surface area contributed by atoms with Crippen molar-refractivity contribution >= 4 is 22.9 Å². The average Bonchev–Trinajstić information content (AvgIpc) is 3.11. The van der Waals surface area contributed by atoms with Crippen molar-refractivity contribution in [3.63, 3.8) is 0 Å². The number of carbonyl (C=O) groups is 2. The fourth-order valence-corrected chi connectivity index (χ4v) is 4.78. The van der Waals surface area contributed by atoms with E-state index in [0.29, 0.717) is 43.2 Å². The molecule has 2 aromatic rings. The molecule has 0 radical (unpaired) electrons. The number of hydrogen-bond donors (Lipinski definition) is 2. The normalized spacial score (nSPS) is 26.3. The van der Waals surface area contributed by atoms with Crippen molar-refractivity contribution in [2.24, 2.45) is 17.8 Å². The maximum atomic E-state index is 12.4. The first-order valence-electron chi connectivity index (χ1n) is 10.4. The van der Waals surface area contributed by atoms with E-state index in [-0.39, 0.29) is 18.1 Å². The lowest BCUT2D eigenvalue weighted by atomic mass is 10.1. The van der Waals surface area contributed by atoms with E-state index in [1.807, 2.05) is 17.0 Å². The quantitative estimate of drug-likeness (QED) is 0.805. The van der Waals surface area contributed by atoms with Crippen LogP contribution in [0.25, 0.3) is 10.9 Å². The van der Waals surface area contributed by atoms with Crippen LogP contribution in [0.3, 0.4) is 0 Å². The molecule has 2 saturated heterocycles. The minimum Gasteiger partial charge on any atom is -0.446 e. The number of fused-ring (bicyclic) bond motifs is 2. The summed E-state index contributed by atoms with van der Waals surface area (Å²) in [5, 5.41) is 3.93. The Labute approximate surface area is 168 Å². The second-order valence-corrected chi connectivity index (χ2v) is 8.28. The molecular formula is C21H26N4O4. The smallest absolute Gasteiger partial charge is 0.410 e. The largest absolute Gasteiger partial charge is 0.446 e. The third kappa shape index (κ3) is 3.81. The van der Waals surface area contributed by atoms with Gasteiger partial charge in [0.05, 0.1) is 13.2 Å². The van der Waals surface area contributed by atoms with Crippen molar-refractivity contribution in [3.05, 3.63) is 30.2 Å². The first-order chi connectivity index (χ1) is 14.2. The summed E-state index contributed by atoms with van der Waals surface area (Å²) >= 11 is 0. The van der Waals surface area contributed by atoms with E-state index in [1.54, 1.807) is 12.4 Å². The molecule has 0 bridgehead atoms. The molecule has 0 spiro atoms. The van der Waals surface area contributed by atoms with Gasteiger partial charge < -0.3 is 24.7 Å².